The summed E-state index contributed by atoms with van der Waals surface area (Å²) < 4.78 is 7.64. The number of nitriles is 1. The first kappa shape index (κ1) is 19.7. The minimum atomic E-state index is 0.460. The highest BCUT2D eigenvalue weighted by atomic mass is 35.5. The van der Waals surface area contributed by atoms with Crippen LogP contribution in [-0.2, 0) is 6.61 Å². The zero-order chi connectivity index (χ0) is 21.9. The van der Waals surface area contributed by atoms with Gasteiger partial charge in [0.25, 0.3) is 0 Å². The molecule has 0 radical (unpaired) electrons. The van der Waals surface area contributed by atoms with E-state index >= 15 is 0 Å². The molecule has 6 nitrogen and oxygen atoms in total. The van der Waals surface area contributed by atoms with Crippen LogP contribution in [0.15, 0.2) is 85.1 Å². The third-order valence-corrected chi connectivity index (χ3v) is 5.41. The Morgan fingerprint density at radius 2 is 1.75 bits per heavy atom. The molecule has 3 aromatic carbocycles. The van der Waals surface area contributed by atoms with Crippen molar-refractivity contribution in [2.45, 2.75) is 6.61 Å². The van der Waals surface area contributed by atoms with Crippen molar-refractivity contribution in [3.8, 4) is 23.1 Å². The summed E-state index contributed by atoms with van der Waals surface area (Å²) in [7, 11) is 0. The van der Waals surface area contributed by atoms with Gasteiger partial charge in [0.2, 0.25) is 0 Å². The van der Waals surface area contributed by atoms with Gasteiger partial charge in [-0.15, -0.1) is 0 Å². The maximum Gasteiger partial charge on any atom is 0.173 e. The fourth-order valence-electron chi connectivity index (χ4n) is 3.46. The summed E-state index contributed by atoms with van der Waals surface area (Å²) in [4.78, 5) is 4.73. The van der Waals surface area contributed by atoms with E-state index < -0.39 is 0 Å². The largest absolute Gasteiger partial charge is 0.489 e. The molecule has 156 valence electrons. The summed E-state index contributed by atoms with van der Waals surface area (Å²) in [6, 6.07) is 27.4. The van der Waals surface area contributed by atoms with Crippen LogP contribution in [0.5, 0.6) is 5.75 Å². The van der Waals surface area contributed by atoms with Crippen LogP contribution in [0, 0.1) is 11.3 Å². The number of benzene rings is 3. The quantitative estimate of drug-likeness (QED) is 0.331. The standard InChI is InChI=1S/C25H18ClN5O/c26-21-8-4-5-9-22(21)29-25-23(30-24-19(14-27)15-28-31(24)25)18-10-12-20(13-11-18)32-16-17-6-2-1-3-7-17/h1-13,15,28-29H,16H2. The highest BCUT2D eigenvalue weighted by Crippen LogP contribution is 2.34. The Bertz CT molecular complexity index is 1410. The zero-order valence-electron chi connectivity index (χ0n) is 16.9. The number of H-pyrrole nitrogens is 1. The van der Waals surface area contributed by atoms with Gasteiger partial charge in [-0.05, 0) is 42.0 Å². The topological polar surface area (TPSA) is 78.1 Å². The van der Waals surface area contributed by atoms with Gasteiger partial charge in [-0.3, -0.25) is 5.10 Å². The Labute approximate surface area is 189 Å². The highest BCUT2D eigenvalue weighted by molar-refractivity contribution is 6.33. The molecule has 2 heterocycles. The van der Waals surface area contributed by atoms with Crippen molar-refractivity contribution in [1.29, 1.82) is 5.26 Å². The number of aromatic amines is 1. The lowest BCUT2D eigenvalue weighted by atomic mass is 10.1. The van der Waals surface area contributed by atoms with Gasteiger partial charge in [-0.1, -0.05) is 54.1 Å². The lowest BCUT2D eigenvalue weighted by Gasteiger charge is -2.10. The third-order valence-electron chi connectivity index (χ3n) is 5.08. The second kappa shape index (κ2) is 8.50. The Morgan fingerprint density at radius 3 is 2.50 bits per heavy atom. The van der Waals surface area contributed by atoms with Crippen LogP contribution in [0.4, 0.5) is 11.5 Å². The van der Waals surface area contributed by atoms with Crippen LogP contribution in [-0.4, -0.2) is 14.6 Å². The van der Waals surface area contributed by atoms with Crippen molar-refractivity contribution in [2.75, 3.05) is 5.32 Å². The molecule has 5 rings (SSSR count). The molecule has 0 saturated carbocycles. The molecule has 0 fully saturated rings. The van der Waals surface area contributed by atoms with Gasteiger partial charge < -0.3 is 10.1 Å². The van der Waals surface area contributed by atoms with Crippen molar-refractivity contribution in [2.24, 2.45) is 0 Å². The third kappa shape index (κ3) is 3.78. The minimum Gasteiger partial charge on any atom is -0.489 e. The molecule has 0 unspecified atom stereocenters. The number of ether oxygens (including phenoxy) is 1. The smallest absolute Gasteiger partial charge is 0.173 e. The summed E-state index contributed by atoms with van der Waals surface area (Å²) in [5.74, 6) is 1.45. The Balaban J connectivity index is 1.48. The first-order chi connectivity index (χ1) is 15.7. The molecule has 2 aromatic heterocycles. The van der Waals surface area contributed by atoms with E-state index in [-0.39, 0.29) is 0 Å². The molecule has 2 N–H and O–H groups in total. The SMILES string of the molecule is N#Cc1c[nH]n2c(Nc3ccccc3Cl)c(-c3ccc(OCc4ccccc4)cc3)nc12. The first-order valence-electron chi connectivity index (χ1n) is 10.0. The van der Waals surface area contributed by atoms with E-state index in [0.717, 1.165) is 22.6 Å². The van der Waals surface area contributed by atoms with E-state index in [4.69, 9.17) is 21.3 Å². The van der Waals surface area contributed by atoms with Gasteiger partial charge in [-0.25, -0.2) is 9.50 Å². The molecule has 32 heavy (non-hydrogen) atoms. The van der Waals surface area contributed by atoms with Crippen molar-refractivity contribution < 1.29 is 4.74 Å². The predicted molar refractivity (Wildman–Crippen MR) is 125 cm³/mol. The lowest BCUT2D eigenvalue weighted by molar-refractivity contribution is 0.306. The van der Waals surface area contributed by atoms with Crippen LogP contribution in [0.3, 0.4) is 0 Å². The van der Waals surface area contributed by atoms with Gasteiger partial charge in [0.1, 0.15) is 29.7 Å². The lowest BCUT2D eigenvalue weighted by Crippen LogP contribution is -1.98. The van der Waals surface area contributed by atoms with E-state index in [0.29, 0.717) is 34.4 Å². The fourth-order valence-corrected chi connectivity index (χ4v) is 3.64. The summed E-state index contributed by atoms with van der Waals surface area (Å²) in [6.07, 6.45) is 1.63. The van der Waals surface area contributed by atoms with Gasteiger partial charge >= 0.3 is 0 Å². The Morgan fingerprint density at radius 1 is 1.00 bits per heavy atom. The number of hydrogen-bond donors (Lipinski definition) is 2. The normalized spacial score (nSPS) is 10.8. The van der Waals surface area contributed by atoms with Crippen LogP contribution >= 0.6 is 11.6 Å². The molecular formula is C25H18ClN5O. The van der Waals surface area contributed by atoms with E-state index in [1.165, 1.54) is 0 Å². The van der Waals surface area contributed by atoms with Crippen molar-refractivity contribution in [1.82, 2.24) is 14.6 Å². The number of rotatable bonds is 6. The molecule has 0 atom stereocenters. The van der Waals surface area contributed by atoms with E-state index in [2.05, 4.69) is 16.5 Å². The summed E-state index contributed by atoms with van der Waals surface area (Å²) in [5.41, 5.74) is 4.43. The second-order valence-electron chi connectivity index (χ2n) is 7.17. The number of halogens is 1. The van der Waals surface area contributed by atoms with Crippen LogP contribution in [0.1, 0.15) is 11.1 Å². The molecule has 7 heteroatoms. The van der Waals surface area contributed by atoms with Crippen molar-refractivity contribution in [3.05, 3.63) is 101 Å². The maximum atomic E-state index is 9.44. The number of aromatic nitrogens is 3. The molecule has 0 aliphatic carbocycles. The Hall–Kier alpha value is -4.21. The molecule has 0 bridgehead atoms. The average Bonchev–Trinajstić information content (AvgIpc) is 3.40. The van der Waals surface area contributed by atoms with Gasteiger partial charge in [-0.2, -0.15) is 5.26 Å². The number of fused-ring (bicyclic) bond motifs is 1. The Kier molecular flexibility index (Phi) is 5.24. The highest BCUT2D eigenvalue weighted by Gasteiger charge is 2.19. The molecule has 5 aromatic rings. The van der Waals surface area contributed by atoms with E-state index in [1.54, 1.807) is 10.7 Å². The summed E-state index contributed by atoms with van der Waals surface area (Å²) >= 11 is 6.36. The average molecular weight is 440 g/mol. The van der Waals surface area contributed by atoms with Gasteiger partial charge in [0.05, 0.1) is 10.7 Å². The number of nitrogens with one attached hydrogen (secondary N) is 2. The number of nitrogens with zero attached hydrogens (tertiary/aromatic N) is 3. The number of imidazole rings is 1. The molecule has 0 aliphatic rings. The maximum absolute atomic E-state index is 9.44. The second-order valence-corrected chi connectivity index (χ2v) is 7.58. The first-order valence-corrected chi connectivity index (χ1v) is 10.4. The fraction of sp³-hybridized carbons (Fsp3) is 0.0400. The van der Waals surface area contributed by atoms with E-state index in [1.807, 2.05) is 78.9 Å². The summed E-state index contributed by atoms with van der Waals surface area (Å²) in [5, 5.41) is 16.5. The van der Waals surface area contributed by atoms with Crippen LogP contribution in [0.2, 0.25) is 5.02 Å². The zero-order valence-corrected chi connectivity index (χ0v) is 17.7. The number of anilines is 2. The summed E-state index contributed by atoms with van der Waals surface area (Å²) in [6.45, 7) is 0.499. The van der Waals surface area contributed by atoms with Crippen molar-refractivity contribution in [3.63, 3.8) is 0 Å². The molecule has 0 saturated heterocycles. The predicted octanol–water partition coefficient (Wildman–Crippen LogP) is 6.18. The molecule has 0 spiro atoms. The van der Waals surface area contributed by atoms with Gasteiger partial charge in [0, 0.05) is 11.8 Å². The number of hydrogen-bond acceptors (Lipinski definition) is 4. The minimum absolute atomic E-state index is 0.460. The number of para-hydroxylation sites is 1. The monoisotopic (exact) mass is 439 g/mol. The molecule has 0 aliphatic heterocycles. The van der Waals surface area contributed by atoms with Crippen LogP contribution < -0.4 is 10.1 Å². The van der Waals surface area contributed by atoms with E-state index in [9.17, 15) is 5.26 Å². The molecule has 0 amide bonds. The van der Waals surface area contributed by atoms with Crippen LogP contribution in [0.25, 0.3) is 16.9 Å². The molecular weight excluding hydrogens is 422 g/mol. The van der Waals surface area contributed by atoms with Gasteiger partial charge in [0.15, 0.2) is 11.5 Å². The van der Waals surface area contributed by atoms with Crippen molar-refractivity contribution >= 4 is 28.8 Å².